The van der Waals surface area contributed by atoms with Gasteiger partial charge in [-0.2, -0.15) is 5.26 Å². The molecular weight excluding hydrogens is 154 g/mol. The van der Waals surface area contributed by atoms with Gasteiger partial charge in [-0.25, -0.2) is 0 Å². The molecule has 2 N–H and O–H groups in total. The molecule has 12 heavy (non-hydrogen) atoms. The molecule has 1 fully saturated rings. The second kappa shape index (κ2) is 4.07. The van der Waals surface area contributed by atoms with Crippen molar-refractivity contribution in [2.45, 2.75) is 6.92 Å². The minimum absolute atomic E-state index is 0.0656. The molecule has 0 aromatic rings. The molecule has 1 unspecified atom stereocenters. The topological polar surface area (TPSA) is 64.9 Å². The van der Waals surface area contributed by atoms with Crippen LogP contribution in [0.3, 0.4) is 0 Å². The van der Waals surface area contributed by atoms with Crippen LogP contribution in [0.15, 0.2) is 0 Å². The van der Waals surface area contributed by atoms with Crippen LogP contribution in [0.2, 0.25) is 0 Å². The number of carbonyl (C=O) groups is 1. The van der Waals surface area contributed by atoms with E-state index in [1.54, 1.807) is 6.92 Å². The van der Waals surface area contributed by atoms with E-state index in [-0.39, 0.29) is 17.7 Å². The van der Waals surface area contributed by atoms with Crippen molar-refractivity contribution in [3.05, 3.63) is 0 Å². The van der Waals surface area contributed by atoms with Gasteiger partial charge in [0.2, 0.25) is 5.91 Å². The van der Waals surface area contributed by atoms with E-state index >= 15 is 0 Å². The van der Waals surface area contributed by atoms with Crippen LogP contribution in [0, 0.1) is 23.2 Å². The molecular formula is C8H13N3O. The molecule has 0 bridgehead atoms. The summed E-state index contributed by atoms with van der Waals surface area (Å²) in [5.41, 5.74) is 0. The summed E-state index contributed by atoms with van der Waals surface area (Å²) in [7, 11) is 0. The van der Waals surface area contributed by atoms with Gasteiger partial charge in [-0.3, -0.25) is 4.79 Å². The fourth-order valence-corrected chi connectivity index (χ4v) is 0.918. The number of hydrogen-bond acceptors (Lipinski definition) is 3. The Balaban J connectivity index is 2.14. The van der Waals surface area contributed by atoms with E-state index in [0.717, 1.165) is 13.1 Å². The predicted octanol–water partition coefficient (Wildman–Crippen LogP) is -0.518. The van der Waals surface area contributed by atoms with Gasteiger partial charge < -0.3 is 10.6 Å². The highest BCUT2D eigenvalue weighted by Crippen LogP contribution is 2.02. The highest BCUT2D eigenvalue weighted by Gasteiger charge is 2.24. The van der Waals surface area contributed by atoms with Crippen LogP contribution in [-0.4, -0.2) is 25.5 Å². The first kappa shape index (κ1) is 9.01. The molecule has 1 rings (SSSR count). The molecule has 0 radical (unpaired) electrons. The van der Waals surface area contributed by atoms with Crippen LogP contribution < -0.4 is 10.6 Å². The van der Waals surface area contributed by atoms with E-state index in [1.807, 2.05) is 0 Å². The maximum absolute atomic E-state index is 11.2. The number of nitriles is 1. The highest BCUT2D eigenvalue weighted by molar-refractivity contribution is 5.79. The first-order valence-electron chi connectivity index (χ1n) is 4.12. The molecule has 1 aliphatic rings. The molecule has 4 heteroatoms. The third-order valence-electron chi connectivity index (χ3n) is 1.96. The smallest absolute Gasteiger partial charge is 0.225 e. The van der Waals surface area contributed by atoms with Gasteiger partial charge in [-0.15, -0.1) is 0 Å². The van der Waals surface area contributed by atoms with Crippen LogP contribution in [0.5, 0.6) is 0 Å². The van der Waals surface area contributed by atoms with E-state index in [4.69, 9.17) is 5.26 Å². The lowest BCUT2D eigenvalue weighted by Crippen LogP contribution is -2.51. The van der Waals surface area contributed by atoms with E-state index in [1.165, 1.54) is 0 Å². The molecule has 0 spiro atoms. The lowest BCUT2D eigenvalue weighted by Gasteiger charge is -2.25. The second-order valence-corrected chi connectivity index (χ2v) is 3.13. The molecule has 0 saturated carbocycles. The molecule has 66 valence electrons. The average Bonchev–Trinajstić information content (AvgIpc) is 1.97. The van der Waals surface area contributed by atoms with Crippen LogP contribution >= 0.6 is 0 Å². The standard InChI is InChI=1S/C8H13N3O/c1-6(2-9)3-11-8(12)7-4-10-5-7/h6-7,10H,3-5H2,1H3,(H,11,12). The third kappa shape index (κ3) is 2.21. The Kier molecular flexibility index (Phi) is 3.06. The molecule has 0 aromatic carbocycles. The summed E-state index contributed by atoms with van der Waals surface area (Å²) in [6.45, 7) is 3.80. The molecule has 4 nitrogen and oxygen atoms in total. The molecule has 0 aromatic heterocycles. The Morgan fingerprint density at radius 2 is 2.50 bits per heavy atom. The van der Waals surface area contributed by atoms with Crippen molar-refractivity contribution in [1.82, 2.24) is 10.6 Å². The van der Waals surface area contributed by atoms with Crippen molar-refractivity contribution in [3.63, 3.8) is 0 Å². The molecule has 1 atom stereocenters. The van der Waals surface area contributed by atoms with Gasteiger partial charge in [0.05, 0.1) is 17.9 Å². The Morgan fingerprint density at radius 1 is 1.83 bits per heavy atom. The van der Waals surface area contributed by atoms with Crippen molar-refractivity contribution < 1.29 is 4.79 Å². The van der Waals surface area contributed by atoms with Crippen molar-refractivity contribution in [1.29, 1.82) is 5.26 Å². The van der Waals surface area contributed by atoms with Gasteiger partial charge in [0.15, 0.2) is 0 Å². The van der Waals surface area contributed by atoms with Crippen LogP contribution in [-0.2, 0) is 4.79 Å². The van der Waals surface area contributed by atoms with Crippen LogP contribution in [0.25, 0.3) is 0 Å². The zero-order chi connectivity index (χ0) is 8.97. The average molecular weight is 167 g/mol. The lowest BCUT2D eigenvalue weighted by atomic mass is 10.0. The normalized spacial score (nSPS) is 19.0. The Hall–Kier alpha value is -1.08. The Labute approximate surface area is 71.9 Å². The van der Waals surface area contributed by atoms with Crippen molar-refractivity contribution in [2.24, 2.45) is 11.8 Å². The van der Waals surface area contributed by atoms with Gasteiger partial charge in [0.1, 0.15) is 0 Å². The maximum atomic E-state index is 11.2. The summed E-state index contributed by atoms with van der Waals surface area (Å²) in [4.78, 5) is 11.2. The largest absolute Gasteiger partial charge is 0.354 e. The quantitative estimate of drug-likeness (QED) is 0.594. The first-order chi connectivity index (χ1) is 5.74. The van der Waals surface area contributed by atoms with Gasteiger partial charge >= 0.3 is 0 Å². The number of hydrogen-bond donors (Lipinski definition) is 2. The number of carbonyl (C=O) groups excluding carboxylic acids is 1. The van der Waals surface area contributed by atoms with Gasteiger partial charge in [-0.1, -0.05) is 0 Å². The predicted molar refractivity (Wildman–Crippen MR) is 44.1 cm³/mol. The minimum atomic E-state index is -0.0954. The molecule has 1 saturated heterocycles. The fourth-order valence-electron chi connectivity index (χ4n) is 0.918. The maximum Gasteiger partial charge on any atom is 0.225 e. The summed E-state index contributed by atoms with van der Waals surface area (Å²) in [5.74, 6) is 0.0914. The number of amides is 1. The summed E-state index contributed by atoms with van der Waals surface area (Å²) in [6.07, 6.45) is 0. The van der Waals surface area contributed by atoms with E-state index in [0.29, 0.717) is 6.54 Å². The zero-order valence-electron chi connectivity index (χ0n) is 7.13. The molecule has 1 amide bonds. The lowest BCUT2D eigenvalue weighted by molar-refractivity contribution is -0.126. The molecule has 1 aliphatic heterocycles. The summed E-state index contributed by atoms with van der Waals surface area (Å²) >= 11 is 0. The van der Waals surface area contributed by atoms with Crippen LogP contribution in [0.1, 0.15) is 6.92 Å². The summed E-state index contributed by atoms with van der Waals surface area (Å²) in [6, 6.07) is 2.06. The van der Waals surface area contributed by atoms with E-state index in [9.17, 15) is 4.79 Å². The Morgan fingerprint density at radius 3 is 2.92 bits per heavy atom. The first-order valence-corrected chi connectivity index (χ1v) is 4.12. The Bertz CT molecular complexity index is 205. The molecule has 1 heterocycles. The number of nitrogens with zero attached hydrogens (tertiary/aromatic N) is 1. The summed E-state index contributed by atoms with van der Waals surface area (Å²) < 4.78 is 0. The second-order valence-electron chi connectivity index (χ2n) is 3.13. The fraction of sp³-hybridized carbons (Fsp3) is 0.750. The number of rotatable bonds is 3. The van der Waals surface area contributed by atoms with Gasteiger partial charge in [-0.05, 0) is 6.92 Å². The van der Waals surface area contributed by atoms with Gasteiger partial charge in [0.25, 0.3) is 0 Å². The van der Waals surface area contributed by atoms with Gasteiger partial charge in [0, 0.05) is 19.6 Å². The minimum Gasteiger partial charge on any atom is -0.354 e. The van der Waals surface area contributed by atoms with Crippen molar-refractivity contribution >= 4 is 5.91 Å². The summed E-state index contributed by atoms with van der Waals surface area (Å²) in [5, 5.41) is 14.2. The van der Waals surface area contributed by atoms with Crippen LogP contribution in [0.4, 0.5) is 0 Å². The monoisotopic (exact) mass is 167 g/mol. The highest BCUT2D eigenvalue weighted by atomic mass is 16.2. The van der Waals surface area contributed by atoms with Crippen molar-refractivity contribution in [3.8, 4) is 6.07 Å². The SMILES string of the molecule is CC(C#N)CNC(=O)C1CNC1. The van der Waals surface area contributed by atoms with E-state index in [2.05, 4.69) is 16.7 Å². The van der Waals surface area contributed by atoms with Crippen molar-refractivity contribution in [2.75, 3.05) is 19.6 Å². The number of nitrogens with one attached hydrogen (secondary N) is 2. The molecule has 0 aliphatic carbocycles. The van der Waals surface area contributed by atoms with E-state index < -0.39 is 0 Å². The third-order valence-corrected chi connectivity index (χ3v) is 1.96. The zero-order valence-corrected chi connectivity index (χ0v) is 7.13.